The number of aryl methyl sites for hydroxylation is 6. The maximum atomic E-state index is 6.37. The van der Waals surface area contributed by atoms with Gasteiger partial charge in [-0.25, -0.2) is 0 Å². The summed E-state index contributed by atoms with van der Waals surface area (Å²) in [7, 11) is 10.6. The lowest BCUT2D eigenvalue weighted by Crippen LogP contribution is -1.94. The number of para-hydroxylation sites is 12. The molecule has 0 saturated carbocycles. The molecule has 0 aliphatic carbocycles. The predicted octanol–water partition coefficient (Wildman–Crippen LogP) is 33.1. The van der Waals surface area contributed by atoms with Crippen molar-refractivity contribution in [2.24, 2.45) is 35.2 Å². The highest BCUT2D eigenvalue weighted by atomic mass is 16.3. The summed E-state index contributed by atoms with van der Waals surface area (Å²) in [6.45, 7) is 2.13. The second-order valence-electron chi connectivity index (χ2n) is 34.7. The van der Waals surface area contributed by atoms with Crippen LogP contribution in [0.2, 0.25) is 0 Å². The Hall–Kier alpha value is -17.2. The standard InChI is InChI=1S/C25H17NO.5C19H13NO/c1-16-7-6-8-17(15-16)26-22-11-4-2-9-18(22)20-13-14-21-19-10-3-5-12-23(19)27-25(21)24(20)26;1-20-15-8-4-2-7-14(15)18-16(20)11-10-13-12-6-3-5-9-17(12)21-19(13)18;1-20-16-8-4-2-6-12(16)14-11-19-15(10-17(14)20)13-7-3-5-9-18(13)21-19;1-20-16-8-4-2-6-12(16)14-10-15-13-7-3-5-9-18(13)21-19(15)11-17(14)20;1-20-15-8-4-2-6-12(15)13-10-11-17-18(19(13)20)14-7-3-5-9-16(14)21-17;1-20-16-8-4-2-6-12(16)14-10-11-15-13-7-3-5-9-17(13)21-19(15)18(14)20/h2-15H,1H3;5*2-11H,1H3. The Morgan fingerprint density at radius 1 is 0.159 bits per heavy atom. The molecule has 0 amide bonds. The fourth-order valence-corrected chi connectivity index (χ4v) is 21.4. The van der Waals surface area contributed by atoms with Gasteiger partial charge in [0.15, 0.2) is 11.2 Å². The van der Waals surface area contributed by atoms with E-state index in [9.17, 15) is 0 Å². The Balaban J connectivity index is 0.0000000832. The zero-order valence-corrected chi connectivity index (χ0v) is 73.1. The summed E-state index contributed by atoms with van der Waals surface area (Å²) in [6, 6.07) is 135. The van der Waals surface area contributed by atoms with Crippen molar-refractivity contribution in [3.05, 3.63) is 394 Å². The lowest BCUT2D eigenvalue weighted by atomic mass is 10.1. The summed E-state index contributed by atoms with van der Waals surface area (Å²) in [5.41, 5.74) is 28.5. The van der Waals surface area contributed by atoms with E-state index in [2.05, 4.69) is 385 Å². The van der Waals surface area contributed by atoms with Gasteiger partial charge in [0.1, 0.15) is 55.8 Å². The number of hydrogen-bond acceptors (Lipinski definition) is 6. The van der Waals surface area contributed by atoms with Crippen LogP contribution < -0.4 is 0 Å². The smallest absolute Gasteiger partial charge is 0.160 e. The molecule has 12 heterocycles. The number of nitrogens with zero attached hydrogens (tertiary/aromatic N) is 6. The zero-order valence-electron chi connectivity index (χ0n) is 73.1. The first kappa shape index (κ1) is 76.1. The Morgan fingerprint density at radius 3 is 1.03 bits per heavy atom. The van der Waals surface area contributed by atoms with E-state index in [0.29, 0.717) is 0 Å². The quantitative estimate of drug-likeness (QED) is 0.162. The van der Waals surface area contributed by atoms with Crippen molar-refractivity contribution in [2.75, 3.05) is 0 Å². The van der Waals surface area contributed by atoms with Gasteiger partial charge in [-0.2, -0.15) is 0 Å². The Bertz CT molecular complexity index is 10100. The van der Waals surface area contributed by atoms with Gasteiger partial charge in [-0.05, 0) is 152 Å². The van der Waals surface area contributed by atoms with Crippen LogP contribution in [-0.4, -0.2) is 27.4 Å². The first-order chi connectivity index (χ1) is 65.0. The lowest BCUT2D eigenvalue weighted by molar-refractivity contribution is 0.669. The van der Waals surface area contributed by atoms with Crippen molar-refractivity contribution >= 4 is 262 Å². The van der Waals surface area contributed by atoms with Crippen LogP contribution in [-0.2, 0) is 35.2 Å². The van der Waals surface area contributed by atoms with Crippen LogP contribution in [0, 0.1) is 6.92 Å². The highest BCUT2D eigenvalue weighted by Crippen LogP contribution is 2.46. The molecule has 132 heavy (non-hydrogen) atoms. The third kappa shape index (κ3) is 11.6. The molecule has 12 heteroatoms. The molecule has 0 atom stereocenters. The summed E-state index contributed by atoms with van der Waals surface area (Å²) in [6.07, 6.45) is 0. The molecule has 0 fully saturated rings. The molecule has 19 aromatic carbocycles. The number of aromatic nitrogens is 6. The molecule has 12 aromatic heterocycles. The average molecular weight is 1700 g/mol. The second-order valence-corrected chi connectivity index (χ2v) is 34.7. The van der Waals surface area contributed by atoms with E-state index in [-0.39, 0.29) is 0 Å². The van der Waals surface area contributed by atoms with Gasteiger partial charge in [-0.3, -0.25) is 0 Å². The van der Waals surface area contributed by atoms with Crippen LogP contribution in [0.1, 0.15) is 5.56 Å². The molecule has 0 aliphatic heterocycles. The number of hydrogen-bond donors (Lipinski definition) is 0. The zero-order chi connectivity index (χ0) is 87.8. The van der Waals surface area contributed by atoms with E-state index in [0.717, 1.165) is 89.0 Å². The molecule has 0 bridgehead atoms. The average Bonchev–Trinajstić information content (AvgIpc) is 1.56. The van der Waals surface area contributed by atoms with Crippen LogP contribution in [0.5, 0.6) is 0 Å². The van der Waals surface area contributed by atoms with Gasteiger partial charge in [0.05, 0.1) is 43.9 Å². The monoisotopic (exact) mass is 1700 g/mol. The topological polar surface area (TPSA) is 108 Å². The van der Waals surface area contributed by atoms with Gasteiger partial charge in [0.2, 0.25) is 0 Å². The molecule has 0 saturated heterocycles. The van der Waals surface area contributed by atoms with Crippen LogP contribution in [0.4, 0.5) is 0 Å². The van der Waals surface area contributed by atoms with E-state index in [1.807, 2.05) is 72.8 Å². The number of benzene rings is 19. The normalized spacial score (nSPS) is 12.0. The van der Waals surface area contributed by atoms with Gasteiger partial charge in [-0.15, -0.1) is 0 Å². The van der Waals surface area contributed by atoms with Gasteiger partial charge in [0, 0.05) is 199 Å². The third-order valence-electron chi connectivity index (χ3n) is 27.5. The first-order valence-electron chi connectivity index (χ1n) is 44.8. The van der Waals surface area contributed by atoms with Gasteiger partial charge in [-0.1, -0.05) is 243 Å². The van der Waals surface area contributed by atoms with Crippen molar-refractivity contribution in [3.63, 3.8) is 0 Å². The van der Waals surface area contributed by atoms with Crippen molar-refractivity contribution in [2.45, 2.75) is 6.92 Å². The predicted molar refractivity (Wildman–Crippen MR) is 551 cm³/mol. The summed E-state index contributed by atoms with van der Waals surface area (Å²) < 4.78 is 50.3. The molecule has 31 aromatic rings. The number of furan rings is 6. The van der Waals surface area contributed by atoms with E-state index >= 15 is 0 Å². The van der Waals surface area contributed by atoms with E-state index in [4.69, 9.17) is 26.5 Å². The minimum absolute atomic E-state index is 0.932. The SMILES string of the molecule is Cc1cccc(-n2c3ccccc3c3ccc4c5ccccc5oc4c32)c1.Cn1c2ccccc2c2c3oc4ccccc4c3ccc21.Cn1c2ccccc2c2cc3c(cc21)oc1ccccc13.Cn1c2ccccc2c2cc3oc4ccccc4c3cc21.Cn1c2ccccc2c2ccc3c4ccccc4oc3c21.Cn1c2ccccc2c2ccc3oc4ccccc4c3c21. The summed E-state index contributed by atoms with van der Waals surface area (Å²) in [4.78, 5) is 0. The van der Waals surface area contributed by atoms with Crippen molar-refractivity contribution in [3.8, 4) is 5.69 Å². The largest absolute Gasteiger partial charge is 0.456 e. The summed E-state index contributed by atoms with van der Waals surface area (Å²) in [5, 5.41) is 29.3. The van der Waals surface area contributed by atoms with Gasteiger partial charge >= 0.3 is 0 Å². The summed E-state index contributed by atoms with van der Waals surface area (Å²) >= 11 is 0. The van der Waals surface area contributed by atoms with E-state index in [1.54, 1.807) is 0 Å². The fraction of sp³-hybridized carbons (Fsp3) is 0.0500. The van der Waals surface area contributed by atoms with E-state index < -0.39 is 0 Å². The Labute approximate surface area is 753 Å². The molecule has 12 nitrogen and oxygen atoms in total. The van der Waals surface area contributed by atoms with Crippen LogP contribution in [0.3, 0.4) is 0 Å². The van der Waals surface area contributed by atoms with Crippen LogP contribution >= 0.6 is 0 Å². The first-order valence-corrected chi connectivity index (χ1v) is 44.8. The van der Waals surface area contributed by atoms with Gasteiger partial charge < -0.3 is 53.9 Å². The van der Waals surface area contributed by atoms with Crippen molar-refractivity contribution in [1.82, 2.24) is 27.4 Å². The highest BCUT2D eigenvalue weighted by Gasteiger charge is 2.24. The molecule has 0 radical (unpaired) electrons. The van der Waals surface area contributed by atoms with Crippen LogP contribution in [0.25, 0.3) is 268 Å². The lowest BCUT2D eigenvalue weighted by Gasteiger charge is -2.08. The molecule has 0 unspecified atom stereocenters. The minimum Gasteiger partial charge on any atom is -0.456 e. The maximum absolute atomic E-state index is 6.37. The minimum atomic E-state index is 0.932. The Morgan fingerprint density at radius 2 is 0.492 bits per heavy atom. The molecule has 0 spiro atoms. The molecule has 31 rings (SSSR count). The van der Waals surface area contributed by atoms with Gasteiger partial charge in [0.25, 0.3) is 0 Å². The fourth-order valence-electron chi connectivity index (χ4n) is 21.4. The second kappa shape index (κ2) is 29.7. The van der Waals surface area contributed by atoms with Crippen LogP contribution in [0.15, 0.2) is 415 Å². The highest BCUT2D eigenvalue weighted by molar-refractivity contribution is 6.28. The number of fused-ring (bicyclic) bond motifs is 40. The van der Waals surface area contributed by atoms with Crippen molar-refractivity contribution in [1.29, 1.82) is 0 Å². The molecule has 628 valence electrons. The molecular formula is C120H82N6O6. The number of rotatable bonds is 1. The Kier molecular flexibility index (Phi) is 17.1. The van der Waals surface area contributed by atoms with E-state index in [1.165, 1.54) is 185 Å². The maximum Gasteiger partial charge on any atom is 0.160 e. The molecular weight excluding hydrogens is 1620 g/mol. The third-order valence-corrected chi connectivity index (χ3v) is 27.5. The summed E-state index contributed by atoms with van der Waals surface area (Å²) in [5.74, 6) is 0. The molecule has 0 aliphatic rings. The van der Waals surface area contributed by atoms with Crippen molar-refractivity contribution < 1.29 is 26.5 Å². The molecule has 0 N–H and O–H groups in total.